The highest BCUT2D eigenvalue weighted by atomic mass is 35.5. The minimum atomic E-state index is -0.758. The first-order valence-corrected chi connectivity index (χ1v) is 12.6. The molecule has 3 N–H and O–H groups in total. The molecule has 8 heteroatoms. The van der Waals surface area contributed by atoms with E-state index >= 15 is 0 Å². The van der Waals surface area contributed by atoms with Crippen molar-refractivity contribution in [2.75, 3.05) is 26.7 Å². The summed E-state index contributed by atoms with van der Waals surface area (Å²) in [7, 11) is 1.62. The summed E-state index contributed by atoms with van der Waals surface area (Å²) in [6, 6.07) is 7.31. The summed E-state index contributed by atoms with van der Waals surface area (Å²) in [4.78, 5) is 18.6. The molecule has 3 aromatic rings. The van der Waals surface area contributed by atoms with Crippen LogP contribution in [0.3, 0.4) is 0 Å². The number of likely N-dealkylation sites (tertiary alicyclic amines) is 1. The molecule has 2 aromatic heterocycles. The van der Waals surface area contributed by atoms with E-state index in [-0.39, 0.29) is 12.0 Å². The van der Waals surface area contributed by atoms with Crippen LogP contribution in [0.2, 0.25) is 5.02 Å². The van der Waals surface area contributed by atoms with E-state index in [1.165, 1.54) is 0 Å². The number of nitrogens with zero attached hydrogens (tertiary/aromatic N) is 2. The number of aliphatic carboxylic acids is 1. The average Bonchev–Trinajstić information content (AvgIpc) is 3.36. The minimum Gasteiger partial charge on any atom is -0.497 e. The van der Waals surface area contributed by atoms with Gasteiger partial charge in [0.25, 0.3) is 0 Å². The number of halogens is 1. The Morgan fingerprint density at radius 3 is 3.03 bits per heavy atom. The lowest BCUT2D eigenvalue weighted by atomic mass is 9.81. The normalized spacial score (nSPS) is 19.4. The van der Waals surface area contributed by atoms with Gasteiger partial charge in [0.05, 0.1) is 30.1 Å². The maximum atomic E-state index is 12.0. The molecule has 0 spiro atoms. The van der Waals surface area contributed by atoms with Gasteiger partial charge in [0.15, 0.2) is 0 Å². The summed E-state index contributed by atoms with van der Waals surface area (Å²) in [5.74, 6) is 5.90. The van der Waals surface area contributed by atoms with Crippen LogP contribution in [0.5, 0.6) is 5.75 Å². The molecule has 0 amide bonds. The van der Waals surface area contributed by atoms with E-state index in [9.17, 15) is 9.90 Å². The molecular weight excluding hydrogens is 470 g/mol. The lowest BCUT2D eigenvalue weighted by molar-refractivity contribution is -0.146. The number of fused-ring (bicyclic) bond motifs is 1. The van der Waals surface area contributed by atoms with Gasteiger partial charge >= 0.3 is 5.97 Å². The zero-order valence-corrected chi connectivity index (χ0v) is 20.6. The zero-order chi connectivity index (χ0) is 24.1. The topological polar surface area (TPSA) is 88.7 Å². The Kier molecular flexibility index (Phi) is 8.07. The van der Waals surface area contributed by atoms with Crippen LogP contribution in [-0.2, 0) is 4.79 Å². The van der Waals surface area contributed by atoms with Crippen LogP contribution in [0, 0.1) is 23.7 Å². The van der Waals surface area contributed by atoms with Crippen LogP contribution in [0.15, 0.2) is 41.2 Å². The highest BCUT2D eigenvalue weighted by molar-refractivity contribution is 7.08. The first kappa shape index (κ1) is 24.5. The number of methoxy groups -OCH3 is 1. The van der Waals surface area contributed by atoms with Gasteiger partial charge in [-0.1, -0.05) is 23.4 Å². The van der Waals surface area contributed by atoms with Crippen molar-refractivity contribution in [1.82, 2.24) is 9.88 Å². The van der Waals surface area contributed by atoms with Crippen molar-refractivity contribution in [1.29, 1.82) is 0 Å². The van der Waals surface area contributed by atoms with Crippen molar-refractivity contribution in [3.63, 3.8) is 0 Å². The van der Waals surface area contributed by atoms with Crippen molar-refractivity contribution in [3.05, 3.63) is 57.4 Å². The van der Waals surface area contributed by atoms with Gasteiger partial charge in [-0.05, 0) is 66.9 Å². The molecule has 0 radical (unpaired) electrons. The van der Waals surface area contributed by atoms with Gasteiger partial charge < -0.3 is 15.6 Å². The van der Waals surface area contributed by atoms with Gasteiger partial charge in [-0.25, -0.2) is 0 Å². The van der Waals surface area contributed by atoms with E-state index in [1.54, 1.807) is 24.6 Å². The standard InChI is InChI=1S/C26H28ClN3O3S/c1-33-19-5-7-24-20(13-19)25(22(27)14-29-24)23(28)6-4-18-8-11-30(15-21(18)26(31)32)10-2-3-17-9-12-34-16-17/h5,7,9,12-14,16,18,21,23H,4,6,8,10-11,15,28H2,1H3,(H,31,32)/t18?,21?,23-/m1/s1. The number of benzene rings is 1. The zero-order valence-electron chi connectivity index (χ0n) is 19.0. The molecule has 178 valence electrons. The number of hydrogen-bond acceptors (Lipinski definition) is 6. The van der Waals surface area contributed by atoms with E-state index in [1.807, 2.05) is 35.0 Å². The molecule has 0 aliphatic carbocycles. The number of ether oxygens (including phenoxy) is 1. The fourth-order valence-electron chi connectivity index (χ4n) is 4.64. The molecule has 6 nitrogen and oxygen atoms in total. The van der Waals surface area contributed by atoms with Crippen LogP contribution >= 0.6 is 22.9 Å². The Hall–Kier alpha value is -2.63. The summed E-state index contributed by atoms with van der Waals surface area (Å²) in [6.45, 7) is 1.91. The van der Waals surface area contributed by atoms with Gasteiger partial charge in [-0.15, -0.1) is 0 Å². The number of carbonyl (C=O) groups is 1. The summed E-state index contributed by atoms with van der Waals surface area (Å²) < 4.78 is 5.36. The number of aromatic nitrogens is 1. The lowest BCUT2D eigenvalue weighted by Gasteiger charge is -2.36. The Labute approximate surface area is 208 Å². The molecular formula is C26H28ClN3O3S. The number of nitrogens with two attached hydrogens (primary N) is 1. The predicted molar refractivity (Wildman–Crippen MR) is 136 cm³/mol. The second-order valence-corrected chi connectivity index (χ2v) is 9.82. The number of rotatable bonds is 7. The second-order valence-electron chi connectivity index (χ2n) is 8.63. The maximum absolute atomic E-state index is 12.0. The second kappa shape index (κ2) is 11.2. The lowest BCUT2D eigenvalue weighted by Crippen LogP contribution is -2.44. The number of thiophene rings is 1. The molecule has 4 rings (SSSR count). The summed E-state index contributed by atoms with van der Waals surface area (Å²) in [5.41, 5.74) is 9.24. The largest absolute Gasteiger partial charge is 0.497 e. The summed E-state index contributed by atoms with van der Waals surface area (Å²) in [6.07, 6.45) is 3.79. The van der Waals surface area contributed by atoms with E-state index in [4.69, 9.17) is 22.1 Å². The van der Waals surface area contributed by atoms with Gasteiger partial charge in [0.2, 0.25) is 0 Å². The molecule has 34 heavy (non-hydrogen) atoms. The van der Waals surface area contributed by atoms with Crippen molar-refractivity contribution in [2.24, 2.45) is 17.6 Å². The molecule has 3 atom stereocenters. The fraction of sp³-hybridized carbons (Fsp3) is 0.385. The average molecular weight is 498 g/mol. The molecule has 1 aliphatic rings. The molecule has 1 aromatic carbocycles. The number of hydrogen-bond donors (Lipinski definition) is 2. The van der Waals surface area contributed by atoms with Gasteiger partial charge in [0, 0.05) is 35.1 Å². The minimum absolute atomic E-state index is 0.0612. The Morgan fingerprint density at radius 2 is 2.29 bits per heavy atom. The molecule has 0 bridgehead atoms. The SMILES string of the molecule is COc1ccc2ncc(Cl)c([C@H](N)CCC3CCN(CC#Cc4ccsc4)CC3C(=O)O)c2c1. The molecule has 3 heterocycles. The van der Waals surface area contributed by atoms with Crippen LogP contribution in [0.1, 0.15) is 36.4 Å². The number of carboxylic acid groups (broad SMARTS) is 1. The van der Waals surface area contributed by atoms with Crippen molar-refractivity contribution < 1.29 is 14.6 Å². The number of pyridine rings is 1. The van der Waals surface area contributed by atoms with Gasteiger partial charge in [-0.3, -0.25) is 14.7 Å². The molecule has 2 unspecified atom stereocenters. The third-order valence-electron chi connectivity index (χ3n) is 6.50. The third kappa shape index (κ3) is 5.70. The van der Waals surface area contributed by atoms with Crippen molar-refractivity contribution in [2.45, 2.75) is 25.3 Å². The number of piperidine rings is 1. The van der Waals surface area contributed by atoms with Crippen molar-refractivity contribution >= 4 is 39.8 Å². The first-order chi connectivity index (χ1) is 16.5. The van der Waals surface area contributed by atoms with Crippen molar-refractivity contribution in [3.8, 4) is 17.6 Å². The van der Waals surface area contributed by atoms with Crippen LogP contribution < -0.4 is 10.5 Å². The van der Waals surface area contributed by atoms with Gasteiger partial charge in [-0.2, -0.15) is 11.3 Å². The van der Waals surface area contributed by atoms with E-state index in [0.29, 0.717) is 30.3 Å². The maximum Gasteiger partial charge on any atom is 0.308 e. The molecule has 1 aliphatic heterocycles. The van der Waals surface area contributed by atoms with Crippen LogP contribution in [-0.4, -0.2) is 47.7 Å². The Morgan fingerprint density at radius 1 is 1.44 bits per heavy atom. The quantitative estimate of drug-likeness (QED) is 0.455. The van der Waals surface area contributed by atoms with E-state index in [0.717, 1.165) is 41.4 Å². The van der Waals surface area contributed by atoms with Crippen LogP contribution in [0.4, 0.5) is 0 Å². The summed E-state index contributed by atoms with van der Waals surface area (Å²) >= 11 is 8.12. The molecule has 0 saturated carbocycles. The highest BCUT2D eigenvalue weighted by Gasteiger charge is 2.34. The Balaban J connectivity index is 1.42. The third-order valence-corrected chi connectivity index (χ3v) is 7.49. The predicted octanol–water partition coefficient (Wildman–Crippen LogP) is 4.81. The van der Waals surface area contributed by atoms with Crippen LogP contribution in [0.25, 0.3) is 10.9 Å². The summed E-state index contributed by atoms with van der Waals surface area (Å²) in [5, 5.41) is 15.3. The molecule has 1 saturated heterocycles. The highest BCUT2D eigenvalue weighted by Crippen LogP contribution is 2.35. The Bertz CT molecular complexity index is 1210. The van der Waals surface area contributed by atoms with Gasteiger partial charge in [0.1, 0.15) is 5.75 Å². The number of carboxylic acids is 1. The monoisotopic (exact) mass is 497 g/mol. The first-order valence-electron chi connectivity index (χ1n) is 11.3. The fourth-order valence-corrected chi connectivity index (χ4v) is 5.51. The smallest absolute Gasteiger partial charge is 0.308 e. The van der Waals surface area contributed by atoms with E-state index in [2.05, 4.69) is 21.7 Å². The van der Waals surface area contributed by atoms with E-state index < -0.39 is 11.9 Å². The molecule has 1 fully saturated rings.